The molecule has 0 aliphatic carbocycles. The van der Waals surface area contributed by atoms with Crippen molar-refractivity contribution in [2.24, 2.45) is 11.7 Å². The highest BCUT2D eigenvalue weighted by molar-refractivity contribution is 6.30. The van der Waals surface area contributed by atoms with Crippen molar-refractivity contribution in [2.45, 2.75) is 20.3 Å². The Hall–Kier alpha value is -1.03. The minimum absolute atomic E-state index is 0.373. The predicted octanol–water partition coefficient (Wildman–Crippen LogP) is 3.25. The lowest BCUT2D eigenvalue weighted by molar-refractivity contribution is 0.590. The maximum atomic E-state index is 5.97. The van der Waals surface area contributed by atoms with Gasteiger partial charge in [0.05, 0.1) is 0 Å². The molecule has 0 bridgehead atoms. The third kappa shape index (κ3) is 5.16. The normalized spacial score (nSPS) is 12.2. The van der Waals surface area contributed by atoms with Crippen LogP contribution in [0.15, 0.2) is 36.5 Å². The van der Waals surface area contributed by atoms with Crippen LogP contribution in [0.5, 0.6) is 0 Å². The third-order valence-electron chi connectivity index (χ3n) is 3.42. The van der Waals surface area contributed by atoms with E-state index >= 15 is 0 Å². The molecule has 0 spiro atoms. The summed E-state index contributed by atoms with van der Waals surface area (Å²) in [5, 5.41) is 4.10. The molecule has 1 aromatic rings. The van der Waals surface area contributed by atoms with Crippen molar-refractivity contribution < 1.29 is 0 Å². The highest BCUT2D eigenvalue weighted by atomic mass is 35.5. The standard InChI is InChI=1S/C16H26ClN3/c1-4-19-11-12-20(14(3)13(2)9-10-18)16-7-5-15(17)6-8-16/h5-8,13,19H,3-4,9-12,18H2,1-2H3. The van der Waals surface area contributed by atoms with Gasteiger partial charge in [-0.1, -0.05) is 32.0 Å². The van der Waals surface area contributed by atoms with E-state index in [2.05, 4.69) is 30.6 Å². The van der Waals surface area contributed by atoms with Crippen LogP contribution in [0, 0.1) is 5.92 Å². The fourth-order valence-electron chi connectivity index (χ4n) is 2.11. The summed E-state index contributed by atoms with van der Waals surface area (Å²) >= 11 is 5.97. The molecule has 0 saturated carbocycles. The van der Waals surface area contributed by atoms with Crippen molar-refractivity contribution in [3.63, 3.8) is 0 Å². The van der Waals surface area contributed by atoms with Gasteiger partial charge in [0.1, 0.15) is 0 Å². The van der Waals surface area contributed by atoms with E-state index in [0.717, 1.165) is 42.5 Å². The first-order valence-corrected chi connectivity index (χ1v) is 7.60. The van der Waals surface area contributed by atoms with Gasteiger partial charge in [-0.3, -0.25) is 0 Å². The van der Waals surface area contributed by atoms with Gasteiger partial charge in [0.25, 0.3) is 0 Å². The summed E-state index contributed by atoms with van der Waals surface area (Å²) in [6.07, 6.45) is 0.949. The average Bonchev–Trinajstić information content (AvgIpc) is 2.44. The lowest BCUT2D eigenvalue weighted by Crippen LogP contribution is -2.33. The van der Waals surface area contributed by atoms with Crippen molar-refractivity contribution in [2.75, 3.05) is 31.1 Å². The molecule has 0 aromatic heterocycles. The van der Waals surface area contributed by atoms with Crippen LogP contribution in [-0.4, -0.2) is 26.2 Å². The molecule has 1 unspecified atom stereocenters. The zero-order chi connectivity index (χ0) is 15.0. The van der Waals surface area contributed by atoms with E-state index in [1.54, 1.807) is 0 Å². The van der Waals surface area contributed by atoms with E-state index in [1.165, 1.54) is 0 Å². The maximum Gasteiger partial charge on any atom is 0.0409 e. The fraction of sp³-hybridized carbons (Fsp3) is 0.500. The molecule has 0 aliphatic rings. The summed E-state index contributed by atoms with van der Waals surface area (Å²) in [5.41, 5.74) is 7.89. The van der Waals surface area contributed by atoms with Gasteiger partial charge in [0, 0.05) is 29.5 Å². The number of anilines is 1. The fourth-order valence-corrected chi connectivity index (χ4v) is 2.24. The molecule has 0 fully saturated rings. The topological polar surface area (TPSA) is 41.3 Å². The summed E-state index contributed by atoms with van der Waals surface area (Å²) in [4.78, 5) is 2.25. The molecule has 0 aliphatic heterocycles. The Morgan fingerprint density at radius 3 is 2.60 bits per heavy atom. The van der Waals surface area contributed by atoms with Gasteiger partial charge in [-0.25, -0.2) is 0 Å². The van der Waals surface area contributed by atoms with Crippen LogP contribution in [-0.2, 0) is 0 Å². The van der Waals surface area contributed by atoms with Crippen LogP contribution in [0.4, 0.5) is 5.69 Å². The number of hydrogen-bond acceptors (Lipinski definition) is 3. The first kappa shape index (κ1) is 17.0. The number of likely N-dealkylation sites (N-methyl/N-ethyl adjacent to an activating group) is 1. The Labute approximate surface area is 127 Å². The Bertz CT molecular complexity index is 403. The van der Waals surface area contributed by atoms with E-state index in [1.807, 2.05) is 24.3 Å². The third-order valence-corrected chi connectivity index (χ3v) is 3.67. The van der Waals surface area contributed by atoms with Gasteiger partial charge in [-0.2, -0.15) is 0 Å². The van der Waals surface area contributed by atoms with Crippen LogP contribution >= 0.6 is 11.6 Å². The van der Waals surface area contributed by atoms with Gasteiger partial charge in [0.15, 0.2) is 0 Å². The molecule has 1 rings (SSSR count). The van der Waals surface area contributed by atoms with E-state index in [9.17, 15) is 0 Å². The van der Waals surface area contributed by atoms with Gasteiger partial charge in [0.2, 0.25) is 0 Å². The Balaban J connectivity index is 2.83. The van der Waals surface area contributed by atoms with E-state index in [-0.39, 0.29) is 0 Å². The molecular formula is C16H26ClN3. The largest absolute Gasteiger partial charge is 0.344 e. The SMILES string of the molecule is C=C(C(C)CCN)N(CCNCC)c1ccc(Cl)cc1. The minimum atomic E-state index is 0.373. The summed E-state index contributed by atoms with van der Waals surface area (Å²) in [5.74, 6) is 0.373. The number of rotatable bonds is 9. The Morgan fingerprint density at radius 2 is 2.05 bits per heavy atom. The number of halogens is 1. The molecule has 0 radical (unpaired) electrons. The molecule has 4 heteroatoms. The highest BCUT2D eigenvalue weighted by Gasteiger charge is 2.15. The second-order valence-electron chi connectivity index (χ2n) is 4.95. The second-order valence-corrected chi connectivity index (χ2v) is 5.39. The van der Waals surface area contributed by atoms with Gasteiger partial charge in [-0.05, 0) is 49.7 Å². The van der Waals surface area contributed by atoms with Crippen molar-refractivity contribution in [3.05, 3.63) is 41.6 Å². The molecule has 20 heavy (non-hydrogen) atoms. The van der Waals surface area contributed by atoms with Crippen molar-refractivity contribution in [1.29, 1.82) is 0 Å². The Morgan fingerprint density at radius 1 is 1.40 bits per heavy atom. The van der Waals surface area contributed by atoms with Crippen LogP contribution in [0.1, 0.15) is 20.3 Å². The molecule has 1 aromatic carbocycles. The van der Waals surface area contributed by atoms with E-state index in [0.29, 0.717) is 12.5 Å². The van der Waals surface area contributed by atoms with E-state index < -0.39 is 0 Å². The zero-order valence-electron chi connectivity index (χ0n) is 12.5. The summed E-state index contributed by atoms with van der Waals surface area (Å²) < 4.78 is 0. The Kier molecular flexibility index (Phi) is 7.67. The monoisotopic (exact) mass is 295 g/mol. The lowest BCUT2D eigenvalue weighted by Gasteiger charge is -2.30. The zero-order valence-corrected chi connectivity index (χ0v) is 13.3. The van der Waals surface area contributed by atoms with Crippen molar-refractivity contribution in [3.8, 4) is 0 Å². The summed E-state index contributed by atoms with van der Waals surface area (Å²) in [6.45, 7) is 12.0. The lowest BCUT2D eigenvalue weighted by atomic mass is 10.0. The van der Waals surface area contributed by atoms with Crippen LogP contribution in [0.25, 0.3) is 0 Å². The molecule has 3 N–H and O–H groups in total. The van der Waals surface area contributed by atoms with Crippen LogP contribution < -0.4 is 16.0 Å². The molecule has 0 heterocycles. The first-order chi connectivity index (χ1) is 9.60. The summed E-state index contributed by atoms with van der Waals surface area (Å²) in [7, 11) is 0. The van der Waals surface area contributed by atoms with Crippen molar-refractivity contribution in [1.82, 2.24) is 5.32 Å². The van der Waals surface area contributed by atoms with Gasteiger partial charge < -0.3 is 16.0 Å². The molecular weight excluding hydrogens is 270 g/mol. The maximum absolute atomic E-state index is 5.97. The first-order valence-electron chi connectivity index (χ1n) is 7.22. The predicted molar refractivity (Wildman–Crippen MR) is 89.3 cm³/mol. The smallest absolute Gasteiger partial charge is 0.0409 e. The number of allylic oxidation sites excluding steroid dienone is 1. The number of hydrogen-bond donors (Lipinski definition) is 2. The van der Waals surface area contributed by atoms with Gasteiger partial charge >= 0.3 is 0 Å². The average molecular weight is 296 g/mol. The molecule has 0 saturated heterocycles. The quantitative estimate of drug-likeness (QED) is 0.687. The summed E-state index contributed by atoms with van der Waals surface area (Å²) in [6, 6.07) is 7.90. The van der Waals surface area contributed by atoms with E-state index in [4.69, 9.17) is 17.3 Å². The molecule has 1 atom stereocenters. The minimum Gasteiger partial charge on any atom is -0.344 e. The number of nitrogens with two attached hydrogens (primary N) is 1. The number of nitrogens with zero attached hydrogens (tertiary/aromatic N) is 1. The molecule has 0 amide bonds. The van der Waals surface area contributed by atoms with Gasteiger partial charge in [-0.15, -0.1) is 0 Å². The number of benzene rings is 1. The highest BCUT2D eigenvalue weighted by Crippen LogP contribution is 2.25. The number of nitrogens with one attached hydrogen (secondary N) is 1. The van der Waals surface area contributed by atoms with Crippen molar-refractivity contribution >= 4 is 17.3 Å². The van der Waals surface area contributed by atoms with Crippen LogP contribution in [0.2, 0.25) is 5.02 Å². The molecule has 112 valence electrons. The van der Waals surface area contributed by atoms with Crippen LogP contribution in [0.3, 0.4) is 0 Å². The second kappa shape index (κ2) is 9.01. The molecule has 3 nitrogen and oxygen atoms in total.